The van der Waals surface area contributed by atoms with E-state index in [2.05, 4.69) is 58.1 Å². The van der Waals surface area contributed by atoms with Gasteiger partial charge in [0.1, 0.15) is 6.23 Å². The Morgan fingerprint density at radius 3 is 2.47 bits per heavy atom. The van der Waals surface area contributed by atoms with E-state index in [9.17, 15) is 0 Å². The number of benzene rings is 1. The predicted octanol–water partition coefficient (Wildman–Crippen LogP) is 3.30. The summed E-state index contributed by atoms with van der Waals surface area (Å²) < 4.78 is 5.84. The molecule has 1 aliphatic rings. The largest absolute Gasteiger partial charge is 0.354 e. The van der Waals surface area contributed by atoms with E-state index in [-0.39, 0.29) is 17.7 Å². The molecule has 1 aromatic rings. The van der Waals surface area contributed by atoms with Crippen molar-refractivity contribution in [1.29, 1.82) is 0 Å². The Bertz CT molecular complexity index is 406. The van der Waals surface area contributed by atoms with Crippen LogP contribution in [0.15, 0.2) is 18.2 Å². The molecule has 0 saturated carbocycles. The summed E-state index contributed by atoms with van der Waals surface area (Å²) in [6, 6.07) is 6.75. The first-order valence-electron chi connectivity index (χ1n) is 6.38. The molecular weight excluding hydrogens is 210 g/mol. The highest BCUT2D eigenvalue weighted by atomic mass is 16.5. The van der Waals surface area contributed by atoms with Gasteiger partial charge in [0.2, 0.25) is 0 Å². The number of ether oxygens (including phenoxy) is 1. The summed E-state index contributed by atoms with van der Waals surface area (Å²) in [6.07, 6.45) is 0.376. The molecule has 2 rings (SSSR count). The summed E-state index contributed by atoms with van der Waals surface area (Å²) in [5.74, 6) is 0. The van der Waals surface area contributed by atoms with Crippen molar-refractivity contribution in [2.24, 2.45) is 0 Å². The zero-order chi connectivity index (χ0) is 12.6. The molecule has 2 atom stereocenters. The molecule has 1 aromatic carbocycles. The van der Waals surface area contributed by atoms with Crippen LogP contribution in [0.1, 0.15) is 50.5 Å². The third kappa shape index (κ3) is 2.70. The molecule has 1 aliphatic heterocycles. The molecule has 1 saturated heterocycles. The fourth-order valence-electron chi connectivity index (χ4n) is 2.30. The van der Waals surface area contributed by atoms with Crippen molar-refractivity contribution in [3.8, 4) is 0 Å². The fourth-order valence-corrected chi connectivity index (χ4v) is 2.30. The minimum Gasteiger partial charge on any atom is -0.354 e. The third-order valence-electron chi connectivity index (χ3n) is 3.44. The summed E-state index contributed by atoms with van der Waals surface area (Å²) in [7, 11) is 0. The lowest BCUT2D eigenvalue weighted by Gasteiger charge is -2.22. The normalized spacial score (nSPS) is 25.2. The van der Waals surface area contributed by atoms with Gasteiger partial charge in [-0.2, -0.15) is 0 Å². The van der Waals surface area contributed by atoms with Gasteiger partial charge in [-0.25, -0.2) is 0 Å². The maximum atomic E-state index is 5.84. The van der Waals surface area contributed by atoms with Crippen LogP contribution >= 0.6 is 0 Å². The molecule has 17 heavy (non-hydrogen) atoms. The fraction of sp³-hybridized carbons (Fsp3) is 0.600. The van der Waals surface area contributed by atoms with Gasteiger partial charge in [0.05, 0.1) is 6.10 Å². The first kappa shape index (κ1) is 12.6. The van der Waals surface area contributed by atoms with E-state index in [0.29, 0.717) is 0 Å². The van der Waals surface area contributed by atoms with E-state index in [1.807, 2.05) is 0 Å². The van der Waals surface area contributed by atoms with Gasteiger partial charge in [-0.1, -0.05) is 39.0 Å². The van der Waals surface area contributed by atoms with Gasteiger partial charge in [-0.05, 0) is 36.0 Å². The van der Waals surface area contributed by atoms with Crippen LogP contribution in [0.25, 0.3) is 0 Å². The summed E-state index contributed by atoms with van der Waals surface area (Å²) >= 11 is 0. The standard InChI is InChI=1S/C15H23NO/c1-10-8-12(15(3,4)5)6-7-13(10)14-9-16-11(2)17-14/h6-8,11,14,16H,9H2,1-5H3. The van der Waals surface area contributed by atoms with Crippen molar-refractivity contribution in [3.05, 3.63) is 34.9 Å². The topological polar surface area (TPSA) is 21.3 Å². The minimum atomic E-state index is 0.168. The molecular formula is C15H23NO. The highest BCUT2D eigenvalue weighted by Gasteiger charge is 2.24. The molecule has 1 N–H and O–H groups in total. The Kier molecular flexibility index (Phi) is 3.28. The lowest BCUT2D eigenvalue weighted by Crippen LogP contribution is -2.17. The molecule has 0 aromatic heterocycles. The molecule has 1 fully saturated rings. The van der Waals surface area contributed by atoms with Crippen molar-refractivity contribution in [1.82, 2.24) is 5.32 Å². The molecule has 0 aliphatic carbocycles. The van der Waals surface area contributed by atoms with Crippen molar-refractivity contribution in [3.63, 3.8) is 0 Å². The van der Waals surface area contributed by atoms with Crippen LogP contribution in [0.4, 0.5) is 0 Å². The van der Waals surface area contributed by atoms with E-state index >= 15 is 0 Å². The highest BCUT2D eigenvalue weighted by Crippen LogP contribution is 2.29. The molecule has 2 unspecified atom stereocenters. The molecule has 94 valence electrons. The van der Waals surface area contributed by atoms with Crippen LogP contribution in [0.3, 0.4) is 0 Å². The molecule has 1 heterocycles. The number of hydrogen-bond donors (Lipinski definition) is 1. The molecule has 2 heteroatoms. The van der Waals surface area contributed by atoms with Crippen molar-refractivity contribution >= 4 is 0 Å². The Morgan fingerprint density at radius 1 is 1.29 bits per heavy atom. The zero-order valence-corrected chi connectivity index (χ0v) is 11.5. The number of nitrogens with one attached hydrogen (secondary N) is 1. The van der Waals surface area contributed by atoms with E-state index in [4.69, 9.17) is 4.74 Å². The Hall–Kier alpha value is -0.860. The summed E-state index contributed by atoms with van der Waals surface area (Å²) in [5, 5.41) is 3.32. The number of rotatable bonds is 1. The van der Waals surface area contributed by atoms with Gasteiger partial charge < -0.3 is 4.74 Å². The predicted molar refractivity (Wildman–Crippen MR) is 71.2 cm³/mol. The Balaban J connectivity index is 2.26. The van der Waals surface area contributed by atoms with E-state index < -0.39 is 0 Å². The van der Waals surface area contributed by atoms with E-state index in [1.165, 1.54) is 16.7 Å². The average molecular weight is 233 g/mol. The monoisotopic (exact) mass is 233 g/mol. The zero-order valence-electron chi connectivity index (χ0n) is 11.5. The first-order valence-corrected chi connectivity index (χ1v) is 6.38. The lowest BCUT2D eigenvalue weighted by atomic mass is 9.85. The van der Waals surface area contributed by atoms with Crippen LogP contribution in [-0.4, -0.2) is 12.8 Å². The van der Waals surface area contributed by atoms with Crippen LogP contribution in [0.5, 0.6) is 0 Å². The molecule has 0 radical (unpaired) electrons. The lowest BCUT2D eigenvalue weighted by molar-refractivity contribution is 0.0526. The van der Waals surface area contributed by atoms with E-state index in [0.717, 1.165) is 6.54 Å². The van der Waals surface area contributed by atoms with Gasteiger partial charge in [0.25, 0.3) is 0 Å². The maximum Gasteiger partial charge on any atom is 0.106 e. The second-order valence-corrected chi connectivity index (χ2v) is 6.00. The van der Waals surface area contributed by atoms with Crippen LogP contribution in [0, 0.1) is 6.92 Å². The molecule has 0 amide bonds. The Labute approximate surface area is 104 Å². The maximum absolute atomic E-state index is 5.84. The molecule has 2 nitrogen and oxygen atoms in total. The highest BCUT2D eigenvalue weighted by molar-refractivity contribution is 5.36. The van der Waals surface area contributed by atoms with E-state index in [1.54, 1.807) is 0 Å². The van der Waals surface area contributed by atoms with Crippen LogP contribution in [0.2, 0.25) is 0 Å². The van der Waals surface area contributed by atoms with Crippen molar-refractivity contribution in [2.75, 3.05) is 6.54 Å². The molecule has 0 bridgehead atoms. The van der Waals surface area contributed by atoms with Crippen LogP contribution in [-0.2, 0) is 10.2 Å². The van der Waals surface area contributed by atoms with Gasteiger partial charge in [-0.3, -0.25) is 5.32 Å². The van der Waals surface area contributed by atoms with Crippen LogP contribution < -0.4 is 5.32 Å². The van der Waals surface area contributed by atoms with Gasteiger partial charge in [0.15, 0.2) is 0 Å². The summed E-state index contributed by atoms with van der Waals surface area (Å²) in [6.45, 7) is 11.9. The van der Waals surface area contributed by atoms with Gasteiger partial charge in [0, 0.05) is 6.54 Å². The minimum absolute atomic E-state index is 0.168. The Morgan fingerprint density at radius 2 is 2.00 bits per heavy atom. The second-order valence-electron chi connectivity index (χ2n) is 6.00. The summed E-state index contributed by atoms with van der Waals surface area (Å²) in [4.78, 5) is 0. The van der Waals surface area contributed by atoms with Gasteiger partial charge >= 0.3 is 0 Å². The second kappa shape index (κ2) is 4.43. The van der Waals surface area contributed by atoms with Crippen molar-refractivity contribution < 1.29 is 4.74 Å². The third-order valence-corrected chi connectivity index (χ3v) is 3.44. The van der Waals surface area contributed by atoms with Crippen molar-refractivity contribution in [2.45, 2.75) is 52.4 Å². The smallest absolute Gasteiger partial charge is 0.106 e. The quantitative estimate of drug-likeness (QED) is 0.803. The van der Waals surface area contributed by atoms with Gasteiger partial charge in [-0.15, -0.1) is 0 Å². The summed E-state index contributed by atoms with van der Waals surface area (Å²) in [5.41, 5.74) is 4.25. The average Bonchev–Trinajstić information content (AvgIpc) is 2.63. The number of hydrogen-bond acceptors (Lipinski definition) is 2. The first-order chi connectivity index (χ1) is 7.88. The number of aryl methyl sites for hydroxylation is 1. The SMILES string of the molecule is Cc1cc(C(C)(C)C)ccc1C1CNC(C)O1. The molecule has 0 spiro atoms.